The molecule has 0 bridgehead atoms. The third kappa shape index (κ3) is 3.32. The summed E-state index contributed by atoms with van der Waals surface area (Å²) in [7, 11) is -1.53. The van der Waals surface area contributed by atoms with E-state index in [0.29, 0.717) is 23.7 Å². The highest BCUT2D eigenvalue weighted by Gasteiger charge is 2.26. The molecule has 1 N–H and O–H groups in total. The Balaban J connectivity index is 2.29. The molecular weight excluding hydrogens is 300 g/mol. The lowest BCUT2D eigenvalue weighted by Gasteiger charge is -2.20. The molecule has 0 atom stereocenters. The quantitative estimate of drug-likeness (QED) is 0.908. The summed E-state index contributed by atoms with van der Waals surface area (Å²) in [6.07, 6.45) is 0.816. The molecule has 1 aromatic carbocycles. The van der Waals surface area contributed by atoms with Crippen molar-refractivity contribution in [3.8, 4) is 0 Å². The number of halogens is 1. The Morgan fingerprint density at radius 3 is 2.70 bits per heavy atom. The standard InChI is InChI=1S/C13H19ClN2O3S/c1-15-5-2-6-16(8-7-15)20(18,19)12-3-4-13(14)11(9-12)10-17/h3-4,9,17H,2,5-8,10H2,1H3. The van der Waals surface area contributed by atoms with Gasteiger partial charge in [0.15, 0.2) is 0 Å². The van der Waals surface area contributed by atoms with Gasteiger partial charge in [0, 0.05) is 24.7 Å². The summed E-state index contributed by atoms with van der Waals surface area (Å²) in [6.45, 7) is 2.35. The maximum atomic E-state index is 12.6. The summed E-state index contributed by atoms with van der Waals surface area (Å²) < 4.78 is 26.7. The normalized spacial score (nSPS) is 18.9. The molecule has 0 radical (unpaired) electrons. The molecule has 1 saturated heterocycles. The largest absolute Gasteiger partial charge is 0.392 e. The number of hydrogen-bond acceptors (Lipinski definition) is 4. The fourth-order valence-corrected chi connectivity index (χ4v) is 3.94. The molecule has 1 aromatic rings. The van der Waals surface area contributed by atoms with Crippen molar-refractivity contribution in [2.45, 2.75) is 17.9 Å². The number of hydrogen-bond donors (Lipinski definition) is 1. The number of aliphatic hydroxyl groups excluding tert-OH is 1. The summed E-state index contributed by atoms with van der Waals surface area (Å²) in [5, 5.41) is 9.58. The minimum Gasteiger partial charge on any atom is -0.392 e. The summed E-state index contributed by atoms with van der Waals surface area (Å²) in [4.78, 5) is 2.31. The van der Waals surface area contributed by atoms with Crippen molar-refractivity contribution in [1.82, 2.24) is 9.21 Å². The van der Waals surface area contributed by atoms with E-state index >= 15 is 0 Å². The van der Waals surface area contributed by atoms with E-state index in [0.717, 1.165) is 19.5 Å². The van der Waals surface area contributed by atoms with E-state index in [2.05, 4.69) is 4.90 Å². The highest BCUT2D eigenvalue weighted by molar-refractivity contribution is 7.89. The molecule has 20 heavy (non-hydrogen) atoms. The van der Waals surface area contributed by atoms with Crippen LogP contribution in [0.25, 0.3) is 0 Å². The van der Waals surface area contributed by atoms with E-state index in [4.69, 9.17) is 11.6 Å². The Hall–Kier alpha value is -0.660. The van der Waals surface area contributed by atoms with Crippen LogP contribution >= 0.6 is 11.6 Å². The van der Waals surface area contributed by atoms with Crippen molar-refractivity contribution in [3.63, 3.8) is 0 Å². The van der Waals surface area contributed by atoms with Crippen LogP contribution in [0.5, 0.6) is 0 Å². The molecule has 1 heterocycles. The van der Waals surface area contributed by atoms with Crippen molar-refractivity contribution in [3.05, 3.63) is 28.8 Å². The molecule has 7 heteroatoms. The molecule has 1 fully saturated rings. The van der Waals surface area contributed by atoms with E-state index < -0.39 is 10.0 Å². The molecule has 0 aliphatic carbocycles. The highest BCUT2D eigenvalue weighted by Crippen LogP contribution is 2.23. The molecule has 0 aromatic heterocycles. The van der Waals surface area contributed by atoms with Crippen molar-refractivity contribution in [2.24, 2.45) is 0 Å². The minimum atomic E-state index is -3.52. The van der Waals surface area contributed by atoms with Crippen molar-refractivity contribution in [2.75, 3.05) is 33.2 Å². The molecule has 5 nitrogen and oxygen atoms in total. The highest BCUT2D eigenvalue weighted by atomic mass is 35.5. The predicted octanol–water partition coefficient (Wildman–Crippen LogP) is 1.16. The van der Waals surface area contributed by atoms with E-state index in [-0.39, 0.29) is 11.5 Å². The first-order chi connectivity index (χ1) is 9.45. The van der Waals surface area contributed by atoms with Gasteiger partial charge in [-0.2, -0.15) is 4.31 Å². The maximum Gasteiger partial charge on any atom is 0.243 e. The van der Waals surface area contributed by atoms with Gasteiger partial charge in [0.2, 0.25) is 10.0 Å². The first-order valence-electron chi connectivity index (χ1n) is 6.53. The number of aliphatic hydroxyl groups is 1. The zero-order chi connectivity index (χ0) is 14.8. The first-order valence-corrected chi connectivity index (χ1v) is 8.35. The molecule has 112 valence electrons. The smallest absolute Gasteiger partial charge is 0.243 e. The fourth-order valence-electron chi connectivity index (χ4n) is 2.24. The SMILES string of the molecule is CN1CCCN(S(=O)(=O)c2ccc(Cl)c(CO)c2)CC1. The van der Waals surface area contributed by atoms with Gasteiger partial charge in [-0.25, -0.2) is 8.42 Å². The summed E-state index contributed by atoms with van der Waals surface area (Å²) in [5.74, 6) is 0. The average molecular weight is 319 g/mol. The van der Waals surface area contributed by atoms with Gasteiger partial charge in [0.1, 0.15) is 0 Å². The first kappa shape index (κ1) is 15.7. The van der Waals surface area contributed by atoms with Crippen LogP contribution in [-0.2, 0) is 16.6 Å². The minimum absolute atomic E-state index is 0.190. The molecular formula is C13H19ClN2O3S. The van der Waals surface area contributed by atoms with Gasteiger partial charge in [0.25, 0.3) is 0 Å². The van der Waals surface area contributed by atoms with Gasteiger partial charge in [-0.15, -0.1) is 0 Å². The zero-order valence-electron chi connectivity index (χ0n) is 11.4. The third-order valence-corrected chi connectivity index (χ3v) is 5.77. The van der Waals surface area contributed by atoms with Crippen molar-refractivity contribution in [1.29, 1.82) is 0 Å². The Bertz CT molecular complexity index is 577. The van der Waals surface area contributed by atoms with Crippen LogP contribution in [0.1, 0.15) is 12.0 Å². The van der Waals surface area contributed by atoms with E-state index in [1.807, 2.05) is 7.05 Å². The molecule has 1 aliphatic rings. The second kappa shape index (κ2) is 6.41. The summed E-state index contributed by atoms with van der Waals surface area (Å²) >= 11 is 5.90. The van der Waals surface area contributed by atoms with Gasteiger partial charge >= 0.3 is 0 Å². The van der Waals surface area contributed by atoms with Crippen LogP contribution in [0.3, 0.4) is 0 Å². The van der Waals surface area contributed by atoms with Crippen LogP contribution in [0.4, 0.5) is 0 Å². The van der Waals surface area contributed by atoms with E-state index in [1.165, 1.54) is 22.5 Å². The van der Waals surface area contributed by atoms with Crippen molar-refractivity contribution >= 4 is 21.6 Å². The van der Waals surface area contributed by atoms with E-state index in [1.54, 1.807) is 0 Å². The van der Waals surface area contributed by atoms with Crippen LogP contribution in [0.2, 0.25) is 5.02 Å². The number of rotatable bonds is 3. The Morgan fingerprint density at radius 1 is 1.25 bits per heavy atom. The lowest BCUT2D eigenvalue weighted by molar-refractivity contribution is 0.281. The third-order valence-electron chi connectivity index (χ3n) is 3.50. The van der Waals surface area contributed by atoms with Gasteiger partial charge < -0.3 is 10.0 Å². The lowest BCUT2D eigenvalue weighted by atomic mass is 10.2. The van der Waals surface area contributed by atoms with Crippen LogP contribution < -0.4 is 0 Å². The monoisotopic (exact) mass is 318 g/mol. The lowest BCUT2D eigenvalue weighted by Crippen LogP contribution is -2.34. The van der Waals surface area contributed by atoms with E-state index in [9.17, 15) is 13.5 Å². The Labute approximate surface area is 124 Å². The fraction of sp³-hybridized carbons (Fsp3) is 0.538. The van der Waals surface area contributed by atoms with Gasteiger partial charge in [-0.1, -0.05) is 11.6 Å². The second-order valence-electron chi connectivity index (χ2n) is 4.97. The second-order valence-corrected chi connectivity index (χ2v) is 7.32. The summed E-state index contributed by atoms with van der Waals surface area (Å²) in [5.41, 5.74) is 0.430. The molecule has 1 aliphatic heterocycles. The molecule has 0 amide bonds. The van der Waals surface area contributed by atoms with Crippen LogP contribution in [-0.4, -0.2) is 56.0 Å². The Morgan fingerprint density at radius 2 is 2.00 bits per heavy atom. The zero-order valence-corrected chi connectivity index (χ0v) is 13.0. The number of nitrogens with zero attached hydrogens (tertiary/aromatic N) is 2. The van der Waals surface area contributed by atoms with Crippen molar-refractivity contribution < 1.29 is 13.5 Å². The molecule has 0 unspecified atom stereocenters. The Kier molecular flexibility index (Phi) is 5.04. The van der Waals surface area contributed by atoms with Gasteiger partial charge in [0.05, 0.1) is 11.5 Å². The topological polar surface area (TPSA) is 60.9 Å². The maximum absolute atomic E-state index is 12.6. The predicted molar refractivity (Wildman–Crippen MR) is 78.2 cm³/mol. The molecule has 2 rings (SSSR count). The number of benzene rings is 1. The van der Waals surface area contributed by atoms with Gasteiger partial charge in [-0.05, 0) is 43.8 Å². The molecule has 0 saturated carbocycles. The number of sulfonamides is 1. The number of likely N-dealkylation sites (N-methyl/N-ethyl adjacent to an activating group) is 1. The molecule has 0 spiro atoms. The van der Waals surface area contributed by atoms with Crippen LogP contribution in [0.15, 0.2) is 23.1 Å². The average Bonchev–Trinajstić information content (AvgIpc) is 2.64. The summed E-state index contributed by atoms with van der Waals surface area (Å²) in [6, 6.07) is 4.46. The van der Waals surface area contributed by atoms with Crippen LogP contribution in [0, 0.1) is 0 Å². The van der Waals surface area contributed by atoms with Gasteiger partial charge in [-0.3, -0.25) is 0 Å².